The first kappa shape index (κ1) is 24.4. The molecule has 0 unspecified atom stereocenters. The van der Waals surface area contributed by atoms with Crippen molar-refractivity contribution in [1.29, 1.82) is 0 Å². The van der Waals surface area contributed by atoms with Crippen LogP contribution < -0.4 is 0 Å². The van der Waals surface area contributed by atoms with Gasteiger partial charge in [0.1, 0.15) is 23.2 Å². The highest BCUT2D eigenvalue weighted by atomic mass is 19.1. The van der Waals surface area contributed by atoms with Crippen LogP contribution in [-0.4, -0.2) is 29.3 Å². The smallest absolute Gasteiger partial charge is 0.173 e. The molecule has 1 aliphatic rings. The summed E-state index contributed by atoms with van der Waals surface area (Å²) in [5.74, 6) is -0.157. The molecule has 1 atom stereocenters. The van der Waals surface area contributed by atoms with Crippen molar-refractivity contribution < 1.29 is 23.0 Å². The summed E-state index contributed by atoms with van der Waals surface area (Å²) in [6, 6.07) is 25.0. The van der Waals surface area contributed by atoms with E-state index in [0.717, 1.165) is 32.5 Å². The Morgan fingerprint density at radius 2 is 1.53 bits per heavy atom. The Morgan fingerprint density at radius 1 is 0.833 bits per heavy atom. The van der Waals surface area contributed by atoms with E-state index in [-0.39, 0.29) is 23.0 Å². The second kappa shape index (κ2) is 10.7. The summed E-state index contributed by atoms with van der Waals surface area (Å²) in [4.78, 5) is 2.26. The Bertz CT molecular complexity index is 1240. The van der Waals surface area contributed by atoms with Crippen LogP contribution in [0.15, 0.2) is 95.4 Å². The quantitative estimate of drug-likeness (QED) is 0.312. The normalized spacial score (nSPS) is 16.1. The molecule has 1 aromatic heterocycles. The molecule has 1 fully saturated rings. The molecule has 3 aromatic carbocycles. The summed E-state index contributed by atoms with van der Waals surface area (Å²) in [6.45, 7) is 2.75. The molecular weight excluding hydrogens is 460 g/mol. The van der Waals surface area contributed by atoms with Gasteiger partial charge in [0.15, 0.2) is 5.60 Å². The van der Waals surface area contributed by atoms with E-state index in [9.17, 15) is 13.9 Å². The summed E-state index contributed by atoms with van der Waals surface area (Å²) in [5.41, 5.74) is -0.163. The molecule has 186 valence electrons. The predicted molar refractivity (Wildman–Crippen MR) is 133 cm³/mol. The maximum atomic E-state index is 14.2. The lowest BCUT2D eigenvalue weighted by Gasteiger charge is -2.28. The molecule has 0 amide bonds. The van der Waals surface area contributed by atoms with Crippen LogP contribution in [0.2, 0.25) is 0 Å². The maximum absolute atomic E-state index is 14.2. The first-order valence-corrected chi connectivity index (χ1v) is 12.2. The lowest BCUT2D eigenvalue weighted by Crippen LogP contribution is -2.31. The second-order valence-corrected chi connectivity index (χ2v) is 9.29. The van der Waals surface area contributed by atoms with Crippen molar-refractivity contribution >= 4 is 0 Å². The molecule has 0 saturated carbocycles. The number of ether oxygens (including phenoxy) is 1. The summed E-state index contributed by atoms with van der Waals surface area (Å²) in [6.07, 6.45) is 2.25. The van der Waals surface area contributed by atoms with Gasteiger partial charge >= 0.3 is 0 Å². The van der Waals surface area contributed by atoms with E-state index in [2.05, 4.69) is 17.0 Å². The Morgan fingerprint density at radius 3 is 2.14 bits per heavy atom. The number of rotatable bonds is 9. The molecule has 0 aliphatic carbocycles. The molecule has 0 radical (unpaired) electrons. The van der Waals surface area contributed by atoms with Gasteiger partial charge in [0.05, 0.1) is 12.6 Å². The van der Waals surface area contributed by atoms with Gasteiger partial charge in [-0.25, -0.2) is 8.78 Å². The number of hydrogen-bond acceptors (Lipinski definition) is 4. The van der Waals surface area contributed by atoms with Gasteiger partial charge in [-0.05, 0) is 65.9 Å². The van der Waals surface area contributed by atoms with Crippen LogP contribution in [0.3, 0.4) is 0 Å². The van der Waals surface area contributed by atoms with Crippen molar-refractivity contribution in [1.82, 2.24) is 4.90 Å². The highest BCUT2D eigenvalue weighted by Crippen LogP contribution is 2.38. The van der Waals surface area contributed by atoms with E-state index in [0.29, 0.717) is 12.3 Å². The van der Waals surface area contributed by atoms with E-state index < -0.39 is 17.2 Å². The summed E-state index contributed by atoms with van der Waals surface area (Å²) < 4.78 is 40.4. The fourth-order valence-corrected chi connectivity index (χ4v) is 4.86. The number of benzene rings is 3. The van der Waals surface area contributed by atoms with E-state index in [4.69, 9.17) is 9.15 Å². The third-order valence-corrected chi connectivity index (χ3v) is 6.62. The van der Waals surface area contributed by atoms with Gasteiger partial charge < -0.3 is 14.3 Å². The highest BCUT2D eigenvalue weighted by Gasteiger charge is 2.38. The third-order valence-electron chi connectivity index (χ3n) is 6.62. The minimum Gasteiger partial charge on any atom is -0.461 e. The lowest BCUT2D eigenvalue weighted by atomic mass is 9.84. The SMILES string of the molecule is OC(c1cccc(F)c1)(c1cccc(F)c1)c1ccc(CN(Cc2ccccc2)C[C@@H]2CCCO2)o1. The number of nitrogens with zero attached hydrogens (tertiary/aromatic N) is 1. The average Bonchev–Trinajstić information content (AvgIpc) is 3.57. The molecule has 4 aromatic rings. The highest BCUT2D eigenvalue weighted by molar-refractivity contribution is 5.44. The molecule has 5 rings (SSSR count). The molecule has 1 aliphatic heterocycles. The average molecular weight is 490 g/mol. The number of aliphatic hydroxyl groups is 1. The molecule has 6 heteroatoms. The minimum absolute atomic E-state index is 0.166. The van der Waals surface area contributed by atoms with Gasteiger partial charge in [-0.15, -0.1) is 0 Å². The minimum atomic E-state index is -1.86. The molecule has 2 heterocycles. The van der Waals surface area contributed by atoms with Crippen LogP contribution in [0.4, 0.5) is 8.78 Å². The van der Waals surface area contributed by atoms with Gasteiger partial charge in [0.2, 0.25) is 0 Å². The van der Waals surface area contributed by atoms with E-state index >= 15 is 0 Å². The van der Waals surface area contributed by atoms with Gasteiger partial charge in [-0.3, -0.25) is 4.90 Å². The van der Waals surface area contributed by atoms with Crippen LogP contribution in [0, 0.1) is 11.6 Å². The van der Waals surface area contributed by atoms with Crippen molar-refractivity contribution in [2.45, 2.75) is 37.6 Å². The number of hydrogen-bond donors (Lipinski definition) is 1. The van der Waals surface area contributed by atoms with Crippen LogP contribution >= 0.6 is 0 Å². The molecule has 1 saturated heterocycles. The largest absolute Gasteiger partial charge is 0.461 e. The summed E-state index contributed by atoms with van der Waals surface area (Å²) >= 11 is 0. The Balaban J connectivity index is 1.46. The van der Waals surface area contributed by atoms with Crippen molar-refractivity contribution in [2.75, 3.05) is 13.2 Å². The van der Waals surface area contributed by atoms with Crippen molar-refractivity contribution in [3.63, 3.8) is 0 Å². The Hall–Kier alpha value is -3.32. The van der Waals surface area contributed by atoms with Gasteiger partial charge in [0, 0.05) is 19.7 Å². The van der Waals surface area contributed by atoms with Crippen LogP contribution in [-0.2, 0) is 23.4 Å². The van der Waals surface area contributed by atoms with Gasteiger partial charge in [0.25, 0.3) is 0 Å². The van der Waals surface area contributed by atoms with Crippen LogP contribution in [0.1, 0.15) is 41.1 Å². The number of halogens is 2. The summed E-state index contributed by atoms with van der Waals surface area (Å²) in [7, 11) is 0. The predicted octanol–water partition coefficient (Wildman–Crippen LogP) is 6.02. The Kier molecular flexibility index (Phi) is 7.28. The molecule has 0 spiro atoms. The van der Waals surface area contributed by atoms with E-state index in [1.54, 1.807) is 18.2 Å². The molecule has 1 N–H and O–H groups in total. The Labute approximate surface area is 209 Å². The molecule has 4 nitrogen and oxygen atoms in total. The van der Waals surface area contributed by atoms with E-state index in [1.807, 2.05) is 24.3 Å². The molecule has 0 bridgehead atoms. The van der Waals surface area contributed by atoms with Gasteiger partial charge in [-0.2, -0.15) is 0 Å². The third kappa shape index (κ3) is 5.41. The maximum Gasteiger partial charge on any atom is 0.173 e. The summed E-state index contributed by atoms with van der Waals surface area (Å²) in [5, 5.41) is 11.9. The number of furan rings is 1. The van der Waals surface area contributed by atoms with Gasteiger partial charge in [-0.1, -0.05) is 54.6 Å². The van der Waals surface area contributed by atoms with Crippen LogP contribution in [0.5, 0.6) is 0 Å². The standard InChI is InChI=1S/C30H29F2NO3/c31-25-11-4-9-23(17-25)30(34,24-10-5-12-26(32)18-24)29-15-14-28(36-29)21-33(20-27-13-6-16-35-27)19-22-7-2-1-3-8-22/h1-5,7-12,14-15,17-18,27,34H,6,13,16,19-21H2/t27-/m0/s1. The zero-order chi connectivity index (χ0) is 25.0. The van der Waals surface area contributed by atoms with Crippen molar-refractivity contribution in [2.24, 2.45) is 0 Å². The molecular formula is C30H29F2NO3. The fourth-order valence-electron chi connectivity index (χ4n) is 4.86. The lowest BCUT2D eigenvalue weighted by molar-refractivity contribution is 0.0629. The monoisotopic (exact) mass is 489 g/mol. The first-order chi connectivity index (χ1) is 17.5. The van der Waals surface area contributed by atoms with Crippen LogP contribution in [0.25, 0.3) is 0 Å². The van der Waals surface area contributed by atoms with Crippen molar-refractivity contribution in [3.8, 4) is 0 Å². The zero-order valence-corrected chi connectivity index (χ0v) is 19.9. The topological polar surface area (TPSA) is 45.8 Å². The fraction of sp³-hybridized carbons (Fsp3) is 0.267. The van der Waals surface area contributed by atoms with Crippen molar-refractivity contribution in [3.05, 3.63) is 131 Å². The molecule has 36 heavy (non-hydrogen) atoms. The first-order valence-electron chi connectivity index (χ1n) is 12.2. The van der Waals surface area contributed by atoms with E-state index in [1.165, 1.54) is 42.0 Å². The zero-order valence-electron chi connectivity index (χ0n) is 19.9. The second-order valence-electron chi connectivity index (χ2n) is 9.29.